The summed E-state index contributed by atoms with van der Waals surface area (Å²) in [7, 11) is -3.87. The fourth-order valence-corrected chi connectivity index (χ4v) is 6.36. The van der Waals surface area contributed by atoms with Crippen LogP contribution >= 0.6 is 0 Å². The third-order valence-corrected chi connectivity index (χ3v) is 8.10. The Labute approximate surface area is 197 Å². The molecular formula is C25H25N3O5S. The molecule has 176 valence electrons. The van der Waals surface area contributed by atoms with E-state index in [4.69, 9.17) is 9.94 Å². The summed E-state index contributed by atoms with van der Waals surface area (Å²) in [6, 6.07) is 15.4. The summed E-state index contributed by atoms with van der Waals surface area (Å²) in [6.07, 6.45) is 4.52. The molecule has 3 aromatic rings. The van der Waals surface area contributed by atoms with Crippen molar-refractivity contribution in [3.63, 3.8) is 0 Å². The molecule has 9 heteroatoms. The van der Waals surface area contributed by atoms with Crippen molar-refractivity contribution in [1.29, 1.82) is 0 Å². The van der Waals surface area contributed by atoms with E-state index in [-0.39, 0.29) is 16.7 Å². The third-order valence-electron chi connectivity index (χ3n) is 6.62. The molecule has 4 atom stereocenters. The van der Waals surface area contributed by atoms with Crippen LogP contribution in [0.5, 0.6) is 5.75 Å². The van der Waals surface area contributed by atoms with E-state index in [1.165, 1.54) is 12.1 Å². The van der Waals surface area contributed by atoms with Crippen LogP contribution in [0.4, 0.5) is 0 Å². The lowest BCUT2D eigenvalue weighted by molar-refractivity contribution is -0.134. The number of pyridine rings is 1. The van der Waals surface area contributed by atoms with Crippen LogP contribution in [0.3, 0.4) is 0 Å². The van der Waals surface area contributed by atoms with Gasteiger partial charge in [0.2, 0.25) is 15.9 Å². The lowest BCUT2D eigenvalue weighted by atomic mass is 9.89. The topological polar surface area (TPSA) is 118 Å². The lowest BCUT2D eigenvalue weighted by Crippen LogP contribution is -2.48. The summed E-state index contributed by atoms with van der Waals surface area (Å²) >= 11 is 0. The van der Waals surface area contributed by atoms with Crippen molar-refractivity contribution in [3.8, 4) is 5.75 Å². The van der Waals surface area contributed by atoms with E-state index in [0.717, 1.165) is 22.2 Å². The second-order valence-electron chi connectivity index (χ2n) is 8.80. The van der Waals surface area contributed by atoms with Crippen molar-refractivity contribution in [3.05, 3.63) is 78.0 Å². The van der Waals surface area contributed by atoms with E-state index in [1.807, 2.05) is 49.4 Å². The number of aryl methyl sites for hydroxylation is 1. The number of ether oxygens (including phenoxy) is 1. The number of hydrogen-bond acceptors (Lipinski definition) is 6. The van der Waals surface area contributed by atoms with Crippen LogP contribution in [0, 0.1) is 24.7 Å². The number of rotatable bonds is 7. The van der Waals surface area contributed by atoms with Crippen LogP contribution in [0.25, 0.3) is 10.9 Å². The molecule has 8 nitrogen and oxygen atoms in total. The molecule has 0 aliphatic heterocycles. The SMILES string of the molecule is Cc1cc(COc2ccc(S(=O)(=O)N[C@H]3[C@@H](C(=O)NO)[C@@H]4C=C[C@H]3C4)cc2)c2ccccc2n1. The van der Waals surface area contributed by atoms with Crippen molar-refractivity contribution in [2.75, 3.05) is 0 Å². The van der Waals surface area contributed by atoms with Crippen molar-refractivity contribution in [1.82, 2.24) is 15.2 Å². The molecule has 1 aromatic heterocycles. The van der Waals surface area contributed by atoms with Crippen LogP contribution in [0.15, 0.2) is 71.6 Å². The maximum Gasteiger partial charge on any atom is 0.248 e. The van der Waals surface area contributed by atoms with Gasteiger partial charge in [-0.2, -0.15) is 0 Å². The number of hydroxylamine groups is 1. The Hall–Kier alpha value is -3.27. The molecule has 34 heavy (non-hydrogen) atoms. The van der Waals surface area contributed by atoms with Crippen LogP contribution in [0.2, 0.25) is 0 Å². The minimum absolute atomic E-state index is 0.0803. The molecule has 0 saturated heterocycles. The predicted octanol–water partition coefficient (Wildman–Crippen LogP) is 3.10. The Balaban J connectivity index is 1.30. The summed E-state index contributed by atoms with van der Waals surface area (Å²) in [5.74, 6) is -0.849. The largest absolute Gasteiger partial charge is 0.489 e. The maximum absolute atomic E-state index is 13.0. The number of sulfonamides is 1. The first-order chi connectivity index (χ1) is 16.4. The molecule has 0 radical (unpaired) electrons. The predicted molar refractivity (Wildman–Crippen MR) is 126 cm³/mol. The van der Waals surface area contributed by atoms with Crippen molar-refractivity contribution >= 4 is 26.8 Å². The van der Waals surface area contributed by atoms with E-state index >= 15 is 0 Å². The van der Waals surface area contributed by atoms with Crippen molar-refractivity contribution < 1.29 is 23.2 Å². The molecule has 1 heterocycles. The molecule has 1 amide bonds. The average Bonchev–Trinajstić information content (AvgIpc) is 3.44. The Kier molecular flexibility index (Phi) is 5.85. The number of carbonyl (C=O) groups is 1. The number of aromatic nitrogens is 1. The third kappa shape index (κ3) is 4.18. The Morgan fingerprint density at radius 3 is 2.62 bits per heavy atom. The summed E-state index contributed by atoms with van der Waals surface area (Å²) in [6.45, 7) is 2.26. The van der Waals surface area contributed by atoms with Gasteiger partial charge >= 0.3 is 0 Å². The van der Waals surface area contributed by atoms with Gasteiger partial charge in [-0.05, 0) is 61.6 Å². The van der Waals surface area contributed by atoms with Gasteiger partial charge in [0, 0.05) is 22.7 Å². The van der Waals surface area contributed by atoms with Gasteiger partial charge in [-0.1, -0.05) is 30.4 Å². The molecule has 3 N–H and O–H groups in total. The summed E-state index contributed by atoms with van der Waals surface area (Å²) in [4.78, 5) is 16.7. The highest BCUT2D eigenvalue weighted by Crippen LogP contribution is 2.44. The Morgan fingerprint density at radius 2 is 1.85 bits per heavy atom. The zero-order chi connectivity index (χ0) is 23.9. The molecule has 1 saturated carbocycles. The molecule has 1 fully saturated rings. The number of fused-ring (bicyclic) bond motifs is 3. The van der Waals surface area contributed by atoms with Crippen LogP contribution in [-0.2, 0) is 21.4 Å². The number of nitrogens with one attached hydrogen (secondary N) is 2. The molecule has 2 aromatic carbocycles. The number of nitrogens with zero attached hydrogens (tertiary/aromatic N) is 1. The van der Waals surface area contributed by atoms with Gasteiger partial charge in [0.1, 0.15) is 12.4 Å². The molecule has 2 aliphatic carbocycles. The fraction of sp³-hybridized carbons (Fsp3) is 0.280. The molecule has 0 unspecified atom stereocenters. The van der Waals surface area contributed by atoms with E-state index in [1.54, 1.807) is 17.6 Å². The van der Waals surface area contributed by atoms with E-state index in [2.05, 4.69) is 9.71 Å². The summed E-state index contributed by atoms with van der Waals surface area (Å²) < 4.78 is 34.6. The van der Waals surface area contributed by atoms with Crippen molar-refractivity contribution in [2.45, 2.75) is 30.9 Å². The normalized spacial score (nSPS) is 23.4. The number of allylic oxidation sites excluding steroid dienone is 1. The molecule has 2 aliphatic rings. The van der Waals surface area contributed by atoms with Gasteiger partial charge in [0.05, 0.1) is 16.3 Å². The molecular weight excluding hydrogens is 454 g/mol. The first-order valence-corrected chi connectivity index (χ1v) is 12.6. The quantitative estimate of drug-likeness (QED) is 0.272. The maximum atomic E-state index is 13.0. The van der Waals surface area contributed by atoms with Gasteiger partial charge in [0.15, 0.2) is 0 Å². The smallest absolute Gasteiger partial charge is 0.248 e. The summed E-state index contributed by atoms with van der Waals surface area (Å²) in [5.41, 5.74) is 4.46. The van der Waals surface area contributed by atoms with Crippen LogP contribution < -0.4 is 14.9 Å². The van der Waals surface area contributed by atoms with E-state index < -0.39 is 27.9 Å². The van der Waals surface area contributed by atoms with Gasteiger partial charge in [0.25, 0.3) is 0 Å². The van der Waals surface area contributed by atoms with E-state index in [9.17, 15) is 13.2 Å². The van der Waals surface area contributed by atoms with Crippen LogP contribution in [0.1, 0.15) is 17.7 Å². The zero-order valence-electron chi connectivity index (χ0n) is 18.5. The summed E-state index contributed by atoms with van der Waals surface area (Å²) in [5, 5.41) is 10.1. The second-order valence-corrected chi connectivity index (χ2v) is 10.5. The standard InChI is InChI=1S/C25H25N3O5S/c1-15-12-18(21-4-2-3-5-22(21)26-15)14-33-19-8-10-20(11-9-19)34(31,32)28-24-17-7-6-16(13-17)23(24)25(29)27-30/h2-12,16-17,23-24,28,30H,13-14H2,1H3,(H,27,29)/t16-,17+,23+,24-/m1/s1. The highest BCUT2D eigenvalue weighted by atomic mass is 32.2. The molecule has 5 rings (SSSR count). The number of hydrogen-bond donors (Lipinski definition) is 3. The second kappa shape index (κ2) is 8.83. The van der Waals surface area contributed by atoms with Crippen LogP contribution in [-0.4, -0.2) is 30.6 Å². The number of carbonyl (C=O) groups excluding carboxylic acids is 1. The first kappa shape index (κ1) is 22.5. The van der Waals surface area contributed by atoms with Gasteiger partial charge in [-0.15, -0.1) is 0 Å². The fourth-order valence-electron chi connectivity index (χ4n) is 5.05. The average molecular weight is 480 g/mol. The Morgan fingerprint density at radius 1 is 1.12 bits per heavy atom. The molecule has 0 spiro atoms. The Bertz CT molecular complexity index is 1370. The monoisotopic (exact) mass is 479 g/mol. The van der Waals surface area contributed by atoms with Gasteiger partial charge in [-0.25, -0.2) is 18.6 Å². The number of para-hydroxylation sites is 1. The first-order valence-electron chi connectivity index (χ1n) is 11.1. The minimum Gasteiger partial charge on any atom is -0.489 e. The van der Waals surface area contributed by atoms with E-state index in [0.29, 0.717) is 18.8 Å². The zero-order valence-corrected chi connectivity index (χ0v) is 19.3. The highest BCUT2D eigenvalue weighted by Gasteiger charge is 2.49. The van der Waals surface area contributed by atoms with Gasteiger partial charge < -0.3 is 4.74 Å². The highest BCUT2D eigenvalue weighted by molar-refractivity contribution is 7.89. The molecule has 2 bridgehead atoms. The minimum atomic E-state index is -3.87. The number of amides is 1. The number of benzene rings is 2. The van der Waals surface area contributed by atoms with Crippen molar-refractivity contribution in [2.24, 2.45) is 17.8 Å². The van der Waals surface area contributed by atoms with Gasteiger partial charge in [-0.3, -0.25) is 15.0 Å². The lowest BCUT2D eigenvalue weighted by Gasteiger charge is -2.27.